The summed E-state index contributed by atoms with van der Waals surface area (Å²) in [5, 5.41) is 0. The highest BCUT2D eigenvalue weighted by Crippen LogP contribution is 2.32. The molecule has 0 aliphatic rings. The van der Waals surface area contributed by atoms with E-state index in [1.807, 2.05) is 6.21 Å². The molecule has 0 aromatic heterocycles. The molecule has 0 aliphatic heterocycles. The van der Waals surface area contributed by atoms with E-state index in [1.54, 1.807) is 0 Å². The van der Waals surface area contributed by atoms with Gasteiger partial charge in [0.15, 0.2) is 0 Å². The Bertz CT molecular complexity index is 1170. The number of unbranched alkanes of at least 4 members (excludes halogenated alkanes) is 5. The van der Waals surface area contributed by atoms with Crippen molar-refractivity contribution in [3.63, 3.8) is 0 Å². The van der Waals surface area contributed by atoms with Crippen LogP contribution in [0.4, 0.5) is 11.4 Å². The molecule has 0 amide bonds. The minimum atomic E-state index is 0.928. The van der Waals surface area contributed by atoms with E-state index in [0.717, 1.165) is 42.8 Å². The number of aliphatic imine (C=N–C) groups is 2. The van der Waals surface area contributed by atoms with Gasteiger partial charge in [-0.1, -0.05) is 96.2 Å². The minimum absolute atomic E-state index is 0.928. The van der Waals surface area contributed by atoms with Crippen LogP contribution in [0.5, 0.6) is 0 Å². The maximum atomic E-state index is 4.94. The average molecular weight is 495 g/mol. The Morgan fingerprint density at radius 3 is 2.14 bits per heavy atom. The second kappa shape index (κ2) is 15.3. The van der Waals surface area contributed by atoms with Crippen LogP contribution in [0.3, 0.4) is 0 Å². The third kappa shape index (κ3) is 8.81. The number of hydrogen-bond donors (Lipinski definition) is 0. The van der Waals surface area contributed by atoms with Crippen molar-refractivity contribution in [3.05, 3.63) is 82.9 Å². The molecule has 0 saturated heterocycles. The van der Waals surface area contributed by atoms with Crippen LogP contribution in [-0.2, 0) is 25.7 Å². The molecule has 0 saturated carbocycles. The van der Waals surface area contributed by atoms with E-state index in [2.05, 4.69) is 95.3 Å². The SMILES string of the molecule is CCCCCCCCc1cc(CC)cc(N=C(C)C=Nc2cc(CC)c(CC)c(-c3ccccc3)c2)c1. The lowest BCUT2D eigenvalue weighted by Gasteiger charge is -2.14. The Morgan fingerprint density at radius 1 is 0.703 bits per heavy atom. The average Bonchev–Trinajstić information content (AvgIpc) is 2.93. The van der Waals surface area contributed by atoms with Gasteiger partial charge in [0.05, 0.1) is 17.1 Å². The monoisotopic (exact) mass is 494 g/mol. The highest BCUT2D eigenvalue weighted by Gasteiger charge is 2.10. The van der Waals surface area contributed by atoms with Crippen molar-refractivity contribution in [2.75, 3.05) is 0 Å². The summed E-state index contributed by atoms with van der Waals surface area (Å²) in [7, 11) is 0. The van der Waals surface area contributed by atoms with Crippen molar-refractivity contribution in [2.45, 2.75) is 98.8 Å². The number of nitrogens with zero attached hydrogens (tertiary/aromatic N) is 2. The Morgan fingerprint density at radius 2 is 1.43 bits per heavy atom. The molecule has 0 atom stereocenters. The van der Waals surface area contributed by atoms with E-state index in [0.29, 0.717) is 0 Å². The summed E-state index contributed by atoms with van der Waals surface area (Å²) < 4.78 is 0. The second-order valence-corrected chi connectivity index (χ2v) is 10.1. The van der Waals surface area contributed by atoms with E-state index in [9.17, 15) is 0 Å². The Kier molecular flexibility index (Phi) is 11.8. The topological polar surface area (TPSA) is 24.7 Å². The Hall–Kier alpha value is -3.00. The van der Waals surface area contributed by atoms with E-state index < -0.39 is 0 Å². The third-order valence-electron chi connectivity index (χ3n) is 7.12. The lowest BCUT2D eigenvalue weighted by atomic mass is 9.92. The highest BCUT2D eigenvalue weighted by molar-refractivity contribution is 6.30. The summed E-state index contributed by atoms with van der Waals surface area (Å²) >= 11 is 0. The molecule has 0 fully saturated rings. The lowest BCUT2D eigenvalue weighted by Crippen LogP contribution is -1.96. The number of hydrogen-bond acceptors (Lipinski definition) is 2. The molecule has 0 aliphatic carbocycles. The van der Waals surface area contributed by atoms with Crippen LogP contribution >= 0.6 is 0 Å². The smallest absolute Gasteiger partial charge is 0.0639 e. The first-order valence-corrected chi connectivity index (χ1v) is 14.5. The summed E-state index contributed by atoms with van der Waals surface area (Å²) in [5.74, 6) is 0. The first-order valence-electron chi connectivity index (χ1n) is 14.5. The van der Waals surface area contributed by atoms with Crippen molar-refractivity contribution in [3.8, 4) is 11.1 Å². The van der Waals surface area contributed by atoms with Gasteiger partial charge in [-0.2, -0.15) is 0 Å². The molecule has 3 rings (SSSR count). The van der Waals surface area contributed by atoms with Crippen molar-refractivity contribution in [2.24, 2.45) is 9.98 Å². The number of benzene rings is 3. The van der Waals surface area contributed by atoms with Crippen LogP contribution in [-0.4, -0.2) is 11.9 Å². The molecule has 0 unspecified atom stereocenters. The quantitative estimate of drug-likeness (QED) is 0.157. The molecular formula is C35H46N2. The van der Waals surface area contributed by atoms with Crippen LogP contribution in [0.25, 0.3) is 11.1 Å². The molecule has 196 valence electrons. The molecular weight excluding hydrogens is 448 g/mol. The van der Waals surface area contributed by atoms with E-state index in [4.69, 9.17) is 9.98 Å². The van der Waals surface area contributed by atoms with Crippen LogP contribution in [0.2, 0.25) is 0 Å². The molecule has 2 nitrogen and oxygen atoms in total. The zero-order valence-electron chi connectivity index (χ0n) is 23.8. The van der Waals surface area contributed by atoms with Crippen LogP contribution in [0.15, 0.2) is 70.6 Å². The predicted octanol–water partition coefficient (Wildman–Crippen LogP) is 10.4. The van der Waals surface area contributed by atoms with Gasteiger partial charge >= 0.3 is 0 Å². The largest absolute Gasteiger partial charge is 0.255 e. The molecule has 3 aromatic carbocycles. The molecule has 0 bridgehead atoms. The molecule has 0 N–H and O–H groups in total. The van der Waals surface area contributed by atoms with E-state index in [-0.39, 0.29) is 0 Å². The van der Waals surface area contributed by atoms with Gasteiger partial charge < -0.3 is 0 Å². The van der Waals surface area contributed by atoms with Crippen molar-refractivity contribution < 1.29 is 0 Å². The molecule has 2 heteroatoms. The van der Waals surface area contributed by atoms with Gasteiger partial charge in [0.1, 0.15) is 0 Å². The zero-order chi connectivity index (χ0) is 26.5. The first-order chi connectivity index (χ1) is 18.1. The van der Waals surface area contributed by atoms with Crippen LogP contribution in [0, 0.1) is 0 Å². The van der Waals surface area contributed by atoms with Crippen molar-refractivity contribution in [1.82, 2.24) is 0 Å². The number of aryl methyl sites for hydroxylation is 3. The fourth-order valence-electron chi connectivity index (χ4n) is 5.06. The van der Waals surface area contributed by atoms with Crippen LogP contribution < -0.4 is 0 Å². The molecule has 0 spiro atoms. The second-order valence-electron chi connectivity index (χ2n) is 10.1. The summed E-state index contributed by atoms with van der Waals surface area (Å²) in [5.41, 5.74) is 11.1. The Labute approximate surface area is 226 Å². The van der Waals surface area contributed by atoms with Gasteiger partial charge in [-0.3, -0.25) is 9.98 Å². The van der Waals surface area contributed by atoms with Gasteiger partial charge in [0.25, 0.3) is 0 Å². The number of rotatable bonds is 14. The highest BCUT2D eigenvalue weighted by atomic mass is 14.8. The lowest BCUT2D eigenvalue weighted by molar-refractivity contribution is 0.607. The van der Waals surface area contributed by atoms with Gasteiger partial charge in [0, 0.05) is 6.21 Å². The predicted molar refractivity (Wildman–Crippen MR) is 164 cm³/mol. The normalized spacial score (nSPS) is 12.0. The zero-order valence-corrected chi connectivity index (χ0v) is 23.8. The van der Waals surface area contributed by atoms with Crippen LogP contribution in [0.1, 0.15) is 95.4 Å². The minimum Gasteiger partial charge on any atom is -0.255 e. The van der Waals surface area contributed by atoms with Gasteiger partial charge in [-0.15, -0.1) is 0 Å². The first kappa shape index (κ1) is 28.6. The van der Waals surface area contributed by atoms with E-state index in [1.165, 1.54) is 71.9 Å². The van der Waals surface area contributed by atoms with Gasteiger partial charge in [-0.25, -0.2) is 0 Å². The fourth-order valence-corrected chi connectivity index (χ4v) is 5.06. The maximum Gasteiger partial charge on any atom is 0.0639 e. The molecule has 0 radical (unpaired) electrons. The Balaban J connectivity index is 1.79. The summed E-state index contributed by atoms with van der Waals surface area (Å²) in [6.07, 6.45) is 14.1. The fraction of sp³-hybridized carbons (Fsp3) is 0.429. The van der Waals surface area contributed by atoms with Gasteiger partial charge in [0.2, 0.25) is 0 Å². The third-order valence-corrected chi connectivity index (χ3v) is 7.12. The van der Waals surface area contributed by atoms with Crippen molar-refractivity contribution in [1.29, 1.82) is 0 Å². The van der Waals surface area contributed by atoms with Crippen molar-refractivity contribution >= 4 is 23.3 Å². The molecule has 37 heavy (non-hydrogen) atoms. The van der Waals surface area contributed by atoms with Gasteiger partial charge in [-0.05, 0) is 96.7 Å². The molecule has 0 heterocycles. The molecule has 3 aromatic rings. The maximum absolute atomic E-state index is 4.94. The summed E-state index contributed by atoms with van der Waals surface area (Å²) in [4.78, 5) is 9.80. The standard InChI is InChI=1S/C35H46N2/c1-6-10-11-12-13-15-18-29-21-28(7-2)22-33(23-29)37-27(5)26-36-32-24-30(8-3)34(9-4)35(25-32)31-19-16-14-17-20-31/h14,16-17,19-26H,6-13,15,18H2,1-5H3. The van der Waals surface area contributed by atoms with E-state index >= 15 is 0 Å². The summed E-state index contributed by atoms with van der Waals surface area (Å²) in [6.45, 7) is 11.0. The summed E-state index contributed by atoms with van der Waals surface area (Å²) in [6, 6.07) is 22.0.